The van der Waals surface area contributed by atoms with E-state index in [1.54, 1.807) is 0 Å². The molecule has 0 heterocycles. The molecule has 2 atom stereocenters. The van der Waals surface area contributed by atoms with Crippen molar-refractivity contribution in [2.45, 2.75) is 44.5 Å². The average Bonchev–Trinajstić information content (AvgIpc) is 1.85. The molecule has 0 bridgehead atoms. The first-order chi connectivity index (χ1) is 5.38. The molecule has 4 N–H and O–H groups in total. The van der Waals surface area contributed by atoms with E-state index in [0.717, 1.165) is 0 Å². The Bertz CT molecular complexity index is 119. The maximum Gasteiger partial charge on any atom is 0.0850 e. The van der Waals surface area contributed by atoms with Crippen molar-refractivity contribution in [1.82, 2.24) is 0 Å². The van der Waals surface area contributed by atoms with E-state index in [2.05, 4.69) is 0 Å². The van der Waals surface area contributed by atoms with Gasteiger partial charge in [0.2, 0.25) is 0 Å². The zero-order valence-electron chi connectivity index (χ0n) is 7.56. The topological polar surface area (TPSA) is 80.9 Å². The van der Waals surface area contributed by atoms with Crippen LogP contribution >= 0.6 is 0 Å². The van der Waals surface area contributed by atoms with Gasteiger partial charge in [0.25, 0.3) is 0 Å². The van der Waals surface area contributed by atoms with Crippen LogP contribution in [0.25, 0.3) is 0 Å². The van der Waals surface area contributed by atoms with Crippen molar-refractivity contribution in [2.75, 3.05) is 6.61 Å². The Labute approximate surface area is 72.5 Å². The summed E-state index contributed by atoms with van der Waals surface area (Å²) in [7, 11) is 0. The van der Waals surface area contributed by atoms with Crippen LogP contribution in [0, 0.1) is 0 Å². The molecule has 2 unspecified atom stereocenters. The molecule has 0 aromatic heterocycles. The van der Waals surface area contributed by atoms with E-state index >= 15 is 0 Å². The highest BCUT2D eigenvalue weighted by Gasteiger charge is 2.26. The Morgan fingerprint density at radius 3 is 2.08 bits per heavy atom. The number of aliphatic hydroxyl groups is 4. The van der Waals surface area contributed by atoms with E-state index in [-0.39, 0.29) is 19.4 Å². The summed E-state index contributed by atoms with van der Waals surface area (Å²) in [6, 6.07) is 0. The Hall–Kier alpha value is -0.160. The molecular weight excluding hydrogens is 160 g/mol. The molecule has 4 nitrogen and oxygen atoms in total. The zero-order chi connectivity index (χ0) is 9.78. The molecule has 0 radical (unpaired) electrons. The first-order valence-corrected chi connectivity index (χ1v) is 4.07. The van der Waals surface area contributed by atoms with Crippen LogP contribution in [0.3, 0.4) is 0 Å². The maximum atomic E-state index is 9.29. The van der Waals surface area contributed by atoms with Gasteiger partial charge in [-0.2, -0.15) is 0 Å². The van der Waals surface area contributed by atoms with Crippen LogP contribution in [0.2, 0.25) is 0 Å². The first-order valence-electron chi connectivity index (χ1n) is 4.07. The summed E-state index contributed by atoms with van der Waals surface area (Å²) < 4.78 is 0. The number of aliphatic hydroxyl groups excluding tert-OH is 3. The van der Waals surface area contributed by atoms with Gasteiger partial charge in [0.1, 0.15) is 0 Å². The average molecular weight is 178 g/mol. The van der Waals surface area contributed by atoms with Gasteiger partial charge in [-0.1, -0.05) is 0 Å². The van der Waals surface area contributed by atoms with Gasteiger partial charge in [0, 0.05) is 13.0 Å². The van der Waals surface area contributed by atoms with Crippen molar-refractivity contribution in [2.24, 2.45) is 0 Å². The highest BCUT2D eigenvalue weighted by Crippen LogP contribution is 2.14. The van der Waals surface area contributed by atoms with Crippen molar-refractivity contribution >= 4 is 0 Å². The minimum atomic E-state index is -1.20. The Morgan fingerprint density at radius 2 is 1.75 bits per heavy atom. The molecule has 0 aromatic carbocycles. The van der Waals surface area contributed by atoms with E-state index in [1.165, 1.54) is 13.8 Å². The van der Waals surface area contributed by atoms with Crippen molar-refractivity contribution in [3.05, 3.63) is 0 Å². The minimum Gasteiger partial charge on any atom is -0.396 e. The Kier molecular flexibility index (Phi) is 4.70. The molecule has 0 rings (SSSR count). The SMILES string of the molecule is CC(C)(O)C(O)CC(O)CCO. The number of rotatable bonds is 5. The third kappa shape index (κ3) is 4.66. The molecule has 12 heavy (non-hydrogen) atoms. The standard InChI is InChI=1S/C8H18O4/c1-8(2,12)7(11)5-6(10)3-4-9/h6-7,9-12H,3-5H2,1-2H3. The lowest BCUT2D eigenvalue weighted by molar-refractivity contribution is -0.0696. The lowest BCUT2D eigenvalue weighted by atomic mass is 9.96. The van der Waals surface area contributed by atoms with Crippen LogP contribution < -0.4 is 0 Å². The van der Waals surface area contributed by atoms with E-state index in [9.17, 15) is 10.2 Å². The van der Waals surface area contributed by atoms with Crippen molar-refractivity contribution in [1.29, 1.82) is 0 Å². The van der Waals surface area contributed by atoms with Crippen LogP contribution in [-0.2, 0) is 0 Å². The Balaban J connectivity index is 3.76. The quantitative estimate of drug-likeness (QED) is 0.446. The molecule has 0 saturated carbocycles. The third-order valence-electron chi connectivity index (χ3n) is 1.77. The number of hydrogen-bond donors (Lipinski definition) is 4. The molecule has 0 spiro atoms. The molecule has 0 fully saturated rings. The van der Waals surface area contributed by atoms with E-state index in [1.807, 2.05) is 0 Å². The van der Waals surface area contributed by atoms with Gasteiger partial charge in [0.15, 0.2) is 0 Å². The Morgan fingerprint density at radius 1 is 1.25 bits per heavy atom. The van der Waals surface area contributed by atoms with Crippen molar-refractivity contribution < 1.29 is 20.4 Å². The third-order valence-corrected chi connectivity index (χ3v) is 1.77. The molecule has 0 aliphatic heterocycles. The summed E-state index contributed by atoms with van der Waals surface area (Å²) in [6.45, 7) is 2.84. The van der Waals surface area contributed by atoms with Crippen molar-refractivity contribution in [3.63, 3.8) is 0 Å². The van der Waals surface area contributed by atoms with Gasteiger partial charge in [-0.15, -0.1) is 0 Å². The predicted molar refractivity (Wildman–Crippen MR) is 44.6 cm³/mol. The second kappa shape index (κ2) is 4.77. The molecule has 0 aliphatic carbocycles. The van der Waals surface area contributed by atoms with Gasteiger partial charge in [-0.25, -0.2) is 0 Å². The predicted octanol–water partition coefficient (Wildman–Crippen LogP) is -0.748. The summed E-state index contributed by atoms with van der Waals surface area (Å²) in [6.07, 6.45) is -1.40. The lowest BCUT2D eigenvalue weighted by Crippen LogP contribution is -2.38. The molecule has 4 heteroatoms. The molecule has 0 aliphatic rings. The van der Waals surface area contributed by atoms with Crippen LogP contribution in [0.1, 0.15) is 26.7 Å². The second-order valence-corrected chi connectivity index (χ2v) is 3.57. The fourth-order valence-electron chi connectivity index (χ4n) is 0.813. The lowest BCUT2D eigenvalue weighted by Gasteiger charge is -2.26. The molecule has 0 amide bonds. The second-order valence-electron chi connectivity index (χ2n) is 3.57. The van der Waals surface area contributed by atoms with Gasteiger partial charge in [0.05, 0.1) is 17.8 Å². The maximum absolute atomic E-state index is 9.29. The zero-order valence-corrected chi connectivity index (χ0v) is 7.56. The van der Waals surface area contributed by atoms with Gasteiger partial charge >= 0.3 is 0 Å². The van der Waals surface area contributed by atoms with Crippen molar-refractivity contribution in [3.8, 4) is 0 Å². The summed E-state index contributed by atoms with van der Waals surface area (Å²) in [5, 5.41) is 36.2. The van der Waals surface area contributed by atoms with Crippen LogP contribution in [0.15, 0.2) is 0 Å². The van der Waals surface area contributed by atoms with Crippen LogP contribution in [-0.4, -0.2) is 44.8 Å². The highest BCUT2D eigenvalue weighted by molar-refractivity contribution is 4.78. The normalized spacial score (nSPS) is 17.5. The van der Waals surface area contributed by atoms with Crippen LogP contribution in [0.4, 0.5) is 0 Å². The summed E-state index contributed by atoms with van der Waals surface area (Å²) in [5.41, 5.74) is -1.20. The molecule has 0 aromatic rings. The molecule has 0 saturated heterocycles. The van der Waals surface area contributed by atoms with Gasteiger partial charge in [-0.05, 0) is 20.3 Å². The van der Waals surface area contributed by atoms with Crippen LogP contribution in [0.5, 0.6) is 0 Å². The molecular formula is C8H18O4. The summed E-state index contributed by atoms with van der Waals surface area (Å²) >= 11 is 0. The monoisotopic (exact) mass is 178 g/mol. The summed E-state index contributed by atoms with van der Waals surface area (Å²) in [4.78, 5) is 0. The molecule has 74 valence electrons. The van der Waals surface area contributed by atoms with E-state index < -0.39 is 17.8 Å². The smallest absolute Gasteiger partial charge is 0.0850 e. The van der Waals surface area contributed by atoms with Gasteiger partial charge in [-0.3, -0.25) is 0 Å². The van der Waals surface area contributed by atoms with E-state index in [0.29, 0.717) is 0 Å². The minimum absolute atomic E-state index is 0.0874. The fourth-order valence-corrected chi connectivity index (χ4v) is 0.813. The first kappa shape index (κ1) is 11.8. The highest BCUT2D eigenvalue weighted by atomic mass is 16.3. The fraction of sp³-hybridized carbons (Fsp3) is 1.00. The van der Waals surface area contributed by atoms with E-state index in [4.69, 9.17) is 10.2 Å². The van der Waals surface area contributed by atoms with Gasteiger partial charge < -0.3 is 20.4 Å². The number of hydrogen-bond acceptors (Lipinski definition) is 4. The summed E-state index contributed by atoms with van der Waals surface area (Å²) in [5.74, 6) is 0. The largest absolute Gasteiger partial charge is 0.396 e.